The Balaban J connectivity index is 2.24. The first-order valence-corrected chi connectivity index (χ1v) is 15.8. The lowest BCUT2D eigenvalue weighted by Gasteiger charge is -2.43. The van der Waals surface area contributed by atoms with Crippen LogP contribution in [0.15, 0.2) is 102 Å². The van der Waals surface area contributed by atoms with E-state index >= 15 is 0 Å². The smallest absolute Gasteiger partial charge is 0.416 e. The summed E-state index contributed by atoms with van der Waals surface area (Å²) >= 11 is 0. The van der Waals surface area contributed by atoms with Crippen LogP contribution in [0.4, 0.5) is 26.3 Å². The molecule has 3 rings (SSSR count). The van der Waals surface area contributed by atoms with Crippen molar-refractivity contribution in [3.8, 4) is 0 Å². The number of hydrogen-bond donors (Lipinski definition) is 0. The molecule has 0 N–H and O–H groups in total. The molecule has 0 amide bonds. The van der Waals surface area contributed by atoms with Crippen LogP contribution in [0.1, 0.15) is 54.2 Å². The van der Waals surface area contributed by atoms with Gasteiger partial charge in [-0.1, -0.05) is 60.7 Å². The summed E-state index contributed by atoms with van der Waals surface area (Å²) in [6.07, 6.45) is -10.3. The van der Waals surface area contributed by atoms with Gasteiger partial charge in [0.15, 0.2) is 0 Å². The maximum atomic E-state index is 14.5. The number of nitrogens with zero attached hydrogens (tertiary/aromatic N) is 1. The average molecular weight is 684 g/mol. The minimum Gasteiger partial charge on any atom is -0.463 e. The number of sulfonamides is 1. The normalized spacial score (nSPS) is 14.3. The number of benzene rings is 3. The fraction of sp³-hybridized carbons (Fsp3) is 0.324. The van der Waals surface area contributed by atoms with Crippen LogP contribution < -0.4 is 0 Å². The monoisotopic (exact) mass is 683 g/mol. The lowest BCUT2D eigenvalue weighted by molar-refractivity contribution is -0.143. The van der Waals surface area contributed by atoms with Gasteiger partial charge in [0, 0.05) is 12.1 Å². The third kappa shape index (κ3) is 8.91. The molecule has 254 valence electrons. The van der Waals surface area contributed by atoms with Gasteiger partial charge in [0.25, 0.3) is 0 Å². The second-order valence-electron chi connectivity index (χ2n) is 10.8. The first-order valence-electron chi connectivity index (χ1n) is 14.4. The Morgan fingerprint density at radius 3 is 1.96 bits per heavy atom. The molecule has 0 saturated carbocycles. The number of alkyl halides is 6. The fourth-order valence-corrected chi connectivity index (χ4v) is 6.67. The molecule has 0 saturated heterocycles. The highest BCUT2D eigenvalue weighted by atomic mass is 32.2. The average Bonchev–Trinajstić information content (AvgIpc) is 3.01. The largest absolute Gasteiger partial charge is 0.463 e. The maximum Gasteiger partial charge on any atom is 0.416 e. The van der Waals surface area contributed by atoms with E-state index in [0.29, 0.717) is 17.7 Å². The highest BCUT2D eigenvalue weighted by Gasteiger charge is 2.46. The highest BCUT2D eigenvalue weighted by molar-refractivity contribution is 7.89. The summed E-state index contributed by atoms with van der Waals surface area (Å²) in [5.74, 6) is -0.866. The fourth-order valence-electron chi connectivity index (χ4n) is 4.91. The van der Waals surface area contributed by atoms with Gasteiger partial charge in [0.1, 0.15) is 0 Å². The molecule has 0 fully saturated rings. The van der Waals surface area contributed by atoms with Crippen LogP contribution in [0.3, 0.4) is 0 Å². The number of hydrogen-bond acceptors (Lipinski definition) is 5. The molecule has 47 heavy (non-hydrogen) atoms. The van der Waals surface area contributed by atoms with Gasteiger partial charge in [-0.15, -0.1) is 6.58 Å². The van der Waals surface area contributed by atoms with Crippen LogP contribution in [0.2, 0.25) is 0 Å². The molecule has 0 heterocycles. The molecule has 0 aliphatic rings. The van der Waals surface area contributed by atoms with Gasteiger partial charge >= 0.3 is 18.3 Å². The molecule has 0 spiro atoms. The molecule has 0 aromatic heterocycles. The molecule has 2 atom stereocenters. The molecule has 3 aromatic carbocycles. The van der Waals surface area contributed by atoms with Crippen LogP contribution in [-0.2, 0) is 42.2 Å². The van der Waals surface area contributed by atoms with Crippen molar-refractivity contribution in [3.05, 3.63) is 125 Å². The topological polar surface area (TPSA) is 72.9 Å². The van der Waals surface area contributed by atoms with Gasteiger partial charge in [0.2, 0.25) is 10.0 Å². The summed E-state index contributed by atoms with van der Waals surface area (Å²) in [5, 5.41) is 0. The minimum atomic E-state index is -5.08. The Kier molecular flexibility index (Phi) is 11.9. The van der Waals surface area contributed by atoms with Gasteiger partial charge in [-0.3, -0.25) is 0 Å². The molecule has 0 bridgehead atoms. The van der Waals surface area contributed by atoms with Crippen LogP contribution >= 0.6 is 0 Å². The number of aryl methyl sites for hydroxylation is 1. The van der Waals surface area contributed by atoms with Gasteiger partial charge in [-0.05, 0) is 68.7 Å². The predicted molar refractivity (Wildman–Crippen MR) is 165 cm³/mol. The van der Waals surface area contributed by atoms with E-state index in [-0.39, 0.29) is 29.6 Å². The molecule has 0 aliphatic carbocycles. The molecule has 0 aliphatic heterocycles. The Morgan fingerprint density at radius 1 is 0.915 bits per heavy atom. The van der Waals surface area contributed by atoms with E-state index in [1.165, 1.54) is 25.1 Å². The van der Waals surface area contributed by atoms with Crippen LogP contribution in [0, 0.1) is 6.92 Å². The summed E-state index contributed by atoms with van der Waals surface area (Å²) in [6.45, 7) is 10.9. The SMILES string of the molecule is C=CC[C@@](CO[C@H](C)c1cc(C(F)(F)F)cc(C(F)(F)F)c1)(c1ccccc1)N(CC(=C)C(=O)OCC)S(=O)(=O)c1ccc(C)cc1. The van der Waals surface area contributed by atoms with Gasteiger partial charge in [-0.2, -0.15) is 30.6 Å². The zero-order valence-electron chi connectivity index (χ0n) is 26.0. The van der Waals surface area contributed by atoms with E-state index in [9.17, 15) is 39.6 Å². The van der Waals surface area contributed by atoms with E-state index < -0.39 is 69.8 Å². The summed E-state index contributed by atoms with van der Waals surface area (Å²) in [7, 11) is -4.51. The van der Waals surface area contributed by atoms with Crippen molar-refractivity contribution in [1.29, 1.82) is 0 Å². The Hall–Kier alpha value is -3.94. The third-order valence-corrected chi connectivity index (χ3v) is 9.36. The summed E-state index contributed by atoms with van der Waals surface area (Å²) in [4.78, 5) is 12.6. The quantitative estimate of drug-likeness (QED) is 0.0739. The van der Waals surface area contributed by atoms with Crippen molar-refractivity contribution in [1.82, 2.24) is 4.31 Å². The second-order valence-corrected chi connectivity index (χ2v) is 12.7. The molecule has 6 nitrogen and oxygen atoms in total. The van der Waals surface area contributed by atoms with E-state index in [0.717, 1.165) is 9.87 Å². The number of halogens is 6. The lowest BCUT2D eigenvalue weighted by Crippen LogP contribution is -2.53. The van der Waals surface area contributed by atoms with Crippen molar-refractivity contribution in [2.75, 3.05) is 19.8 Å². The lowest BCUT2D eigenvalue weighted by atomic mass is 9.86. The molecular formula is C34H35F6NO5S. The predicted octanol–water partition coefficient (Wildman–Crippen LogP) is 8.39. The van der Waals surface area contributed by atoms with Crippen molar-refractivity contribution in [2.24, 2.45) is 0 Å². The summed E-state index contributed by atoms with van der Waals surface area (Å²) in [5.41, 5.74) is -4.32. The Bertz CT molecular complexity index is 1640. The third-order valence-electron chi connectivity index (χ3n) is 7.43. The molecule has 3 aromatic rings. The molecule has 13 heteroatoms. The second kappa shape index (κ2) is 14.9. The standard InChI is InChI=1S/C34H35F6NO5S/c1-6-17-32(27-11-9-8-10-12-27,22-46-25(5)26-18-28(33(35,36)37)20-29(19-26)34(38,39)40)41(21-24(4)31(42)45-7-2)47(43,44)30-15-13-23(3)14-16-30/h6,8-16,18-20,25H,1,4,7,17,21-22H2,2-3,5H3/t25-,32-/m1/s1. The van der Waals surface area contributed by atoms with Crippen molar-refractivity contribution in [3.63, 3.8) is 0 Å². The van der Waals surface area contributed by atoms with E-state index in [2.05, 4.69) is 13.2 Å². The number of carbonyl (C=O) groups excluding carboxylic acids is 1. The van der Waals surface area contributed by atoms with Gasteiger partial charge in [0.05, 0.1) is 40.9 Å². The minimum absolute atomic E-state index is 0.0130. The zero-order chi connectivity index (χ0) is 35.2. The number of carbonyl (C=O) groups is 1. The van der Waals surface area contributed by atoms with Crippen LogP contribution in [-0.4, -0.2) is 38.5 Å². The number of ether oxygens (including phenoxy) is 2. The van der Waals surface area contributed by atoms with E-state index in [4.69, 9.17) is 9.47 Å². The summed E-state index contributed by atoms with van der Waals surface area (Å²) in [6, 6.07) is 15.1. The van der Waals surface area contributed by atoms with E-state index in [1.54, 1.807) is 56.3 Å². The van der Waals surface area contributed by atoms with Crippen molar-refractivity contribution in [2.45, 2.75) is 56.1 Å². The van der Waals surface area contributed by atoms with Gasteiger partial charge < -0.3 is 9.47 Å². The maximum absolute atomic E-state index is 14.5. The number of esters is 1. The van der Waals surface area contributed by atoms with Crippen molar-refractivity contribution < 1.29 is 49.0 Å². The molecular weight excluding hydrogens is 648 g/mol. The Labute approximate surface area is 270 Å². The molecule has 0 unspecified atom stereocenters. The molecule has 0 radical (unpaired) electrons. The zero-order valence-corrected chi connectivity index (χ0v) is 26.8. The van der Waals surface area contributed by atoms with Crippen molar-refractivity contribution >= 4 is 16.0 Å². The first-order chi connectivity index (χ1) is 21.9. The van der Waals surface area contributed by atoms with Crippen LogP contribution in [0.5, 0.6) is 0 Å². The Morgan fingerprint density at radius 2 is 1.47 bits per heavy atom. The first kappa shape index (κ1) is 37.5. The van der Waals surface area contributed by atoms with E-state index in [1.807, 2.05) is 0 Å². The van der Waals surface area contributed by atoms with Crippen LogP contribution in [0.25, 0.3) is 0 Å². The highest BCUT2D eigenvalue weighted by Crippen LogP contribution is 2.41. The number of rotatable bonds is 14. The summed E-state index contributed by atoms with van der Waals surface area (Å²) < 4.78 is 123. The van der Waals surface area contributed by atoms with Gasteiger partial charge in [-0.25, -0.2) is 13.2 Å².